The summed E-state index contributed by atoms with van der Waals surface area (Å²) in [6, 6.07) is 27.0. The van der Waals surface area contributed by atoms with E-state index in [9.17, 15) is 19.8 Å². The lowest BCUT2D eigenvalue weighted by Crippen LogP contribution is -2.73. The van der Waals surface area contributed by atoms with E-state index in [1.54, 1.807) is 6.92 Å². The molecular formula is C42H50N4O8. The molecule has 0 bridgehead atoms. The van der Waals surface area contributed by atoms with E-state index in [1.807, 2.05) is 91.1 Å². The number of unbranched alkanes of at least 4 members (excludes halogenated alkanes) is 2. The van der Waals surface area contributed by atoms with Gasteiger partial charge in [-0.3, -0.25) is 4.79 Å². The molecule has 12 nitrogen and oxygen atoms in total. The number of aryl methyl sites for hydroxylation is 2. The number of ether oxygens (including phenoxy) is 4. The van der Waals surface area contributed by atoms with Gasteiger partial charge in [-0.25, -0.2) is 9.78 Å². The highest BCUT2D eigenvalue weighted by Gasteiger charge is 2.62. The van der Waals surface area contributed by atoms with Gasteiger partial charge in [0.2, 0.25) is 11.7 Å². The molecule has 6 atom stereocenters. The molecule has 0 spiro atoms. The number of H-pyrrole nitrogens is 2. The zero-order valence-corrected chi connectivity index (χ0v) is 30.8. The number of hydrogen-bond donors (Lipinski definition) is 5. The average Bonchev–Trinajstić information content (AvgIpc) is 3.82. The molecule has 1 amide bonds. The Bertz CT molecular complexity index is 1930. The Morgan fingerprint density at radius 3 is 2.19 bits per heavy atom. The molecule has 5 aromatic rings. The van der Waals surface area contributed by atoms with E-state index in [-0.39, 0.29) is 38.0 Å². The summed E-state index contributed by atoms with van der Waals surface area (Å²) in [4.78, 5) is 35.5. The van der Waals surface area contributed by atoms with Crippen molar-refractivity contribution >= 4 is 22.8 Å². The molecule has 1 saturated carbocycles. The largest absolute Gasteiger partial charge is 0.450 e. The summed E-state index contributed by atoms with van der Waals surface area (Å²) in [5.74, 6) is -0.928. The monoisotopic (exact) mass is 738 g/mol. The third kappa shape index (κ3) is 9.62. The number of imidazole rings is 1. The van der Waals surface area contributed by atoms with E-state index in [4.69, 9.17) is 18.9 Å². The zero-order chi connectivity index (χ0) is 37.9. The topological polar surface area (TPSA) is 168 Å². The molecule has 3 aromatic carbocycles. The normalized spacial score (nSPS) is 22.6. The van der Waals surface area contributed by atoms with E-state index in [0.717, 1.165) is 40.4 Å². The summed E-state index contributed by atoms with van der Waals surface area (Å²) in [7, 11) is 0. The van der Waals surface area contributed by atoms with Gasteiger partial charge < -0.3 is 44.4 Å². The fraction of sp³-hybridized carbons (Fsp3) is 0.405. The van der Waals surface area contributed by atoms with Gasteiger partial charge in [-0.05, 0) is 61.8 Å². The second kappa shape index (κ2) is 18.5. The summed E-state index contributed by atoms with van der Waals surface area (Å²) in [6.45, 7) is 4.30. The number of aromatic nitrogens is 3. The number of nitrogens with one attached hydrogen (secondary N) is 3. The van der Waals surface area contributed by atoms with Gasteiger partial charge >= 0.3 is 5.97 Å². The van der Waals surface area contributed by atoms with Crippen LogP contribution in [0.1, 0.15) is 65.6 Å². The highest BCUT2D eigenvalue weighted by molar-refractivity contribution is 5.85. The highest BCUT2D eigenvalue weighted by Crippen LogP contribution is 2.41. The van der Waals surface area contributed by atoms with Crippen molar-refractivity contribution in [2.75, 3.05) is 13.2 Å². The average molecular weight is 739 g/mol. The second-order valence-electron chi connectivity index (χ2n) is 13.9. The minimum Gasteiger partial charge on any atom is -0.450 e. The number of aliphatic hydroxyl groups is 2. The minimum absolute atomic E-state index is 0.00167. The molecule has 1 aliphatic rings. The van der Waals surface area contributed by atoms with Gasteiger partial charge in [-0.15, -0.1) is 0 Å². The molecule has 0 saturated heterocycles. The fourth-order valence-corrected chi connectivity index (χ4v) is 7.08. The quantitative estimate of drug-likeness (QED) is 0.0590. The lowest BCUT2D eigenvalue weighted by atomic mass is 9.71. The maximum Gasteiger partial charge on any atom is 0.374 e. The van der Waals surface area contributed by atoms with Gasteiger partial charge in [0, 0.05) is 49.1 Å². The Hall–Kier alpha value is -4.85. The van der Waals surface area contributed by atoms with Crippen molar-refractivity contribution in [3.8, 4) is 0 Å². The van der Waals surface area contributed by atoms with Crippen LogP contribution in [0.3, 0.4) is 0 Å². The first-order valence-electron chi connectivity index (χ1n) is 18.6. The van der Waals surface area contributed by atoms with Crippen molar-refractivity contribution in [1.29, 1.82) is 0 Å². The predicted octanol–water partition coefficient (Wildman–Crippen LogP) is 5.33. The van der Waals surface area contributed by atoms with Gasteiger partial charge in [-0.1, -0.05) is 78.9 Å². The molecule has 1 fully saturated rings. The molecule has 1 aliphatic carbocycles. The van der Waals surface area contributed by atoms with Crippen LogP contribution < -0.4 is 5.32 Å². The molecule has 0 radical (unpaired) electrons. The van der Waals surface area contributed by atoms with Gasteiger partial charge in [-0.2, -0.15) is 0 Å². The molecule has 0 aliphatic heterocycles. The molecule has 6 rings (SSSR count). The van der Waals surface area contributed by atoms with Crippen LogP contribution in [0.25, 0.3) is 10.9 Å². The number of nitrogens with zero attached hydrogens (tertiary/aromatic N) is 1. The maximum atomic E-state index is 13.8. The standard InChI is InChI=1S/C42H50N4O8/c1-28-24-45-40(46-28)41(49)54-39-37(53-27-31-16-8-4-9-17-31)35(52-26-30-14-6-3-7-15-30)36(51-23-13-5-12-22-43-29(2)47)38(48)42(39,50)21-20-32-25-44-34-19-11-10-18-33(32)34/h3-4,6-11,14-19,24-25,35-39,44,48,50H,5,12-13,20-23,26-27H2,1-2H3,(H,43,47)(H,45,46). The number of benzene rings is 3. The fourth-order valence-electron chi connectivity index (χ4n) is 7.08. The van der Waals surface area contributed by atoms with Crippen LogP contribution in [0.5, 0.6) is 0 Å². The summed E-state index contributed by atoms with van der Waals surface area (Å²) in [5, 5.41) is 29.1. The van der Waals surface area contributed by atoms with Crippen molar-refractivity contribution < 1.29 is 38.7 Å². The smallest absolute Gasteiger partial charge is 0.374 e. The molecule has 6 unspecified atom stereocenters. The first kappa shape index (κ1) is 38.9. The summed E-state index contributed by atoms with van der Waals surface area (Å²) < 4.78 is 26.0. The predicted molar refractivity (Wildman–Crippen MR) is 202 cm³/mol. The summed E-state index contributed by atoms with van der Waals surface area (Å²) >= 11 is 0. The first-order chi connectivity index (χ1) is 26.2. The first-order valence-corrected chi connectivity index (χ1v) is 18.6. The van der Waals surface area contributed by atoms with Crippen molar-refractivity contribution in [3.05, 3.63) is 126 Å². The van der Waals surface area contributed by atoms with Crippen LogP contribution in [0, 0.1) is 6.92 Å². The van der Waals surface area contributed by atoms with Crippen LogP contribution in [-0.4, -0.2) is 86.3 Å². The van der Waals surface area contributed by atoms with Gasteiger partial charge in [0.25, 0.3) is 0 Å². The molecule has 12 heteroatoms. The number of fused-ring (bicyclic) bond motifs is 1. The SMILES string of the molecule is CC(=O)NCCCCCOC1C(OCc2ccccc2)C(OCc2ccccc2)C(OC(=O)c2ncc(C)[nH]2)C(O)(CCc2c[nH]c3ccccc23)C1O. The van der Waals surface area contributed by atoms with Gasteiger partial charge in [0.1, 0.15) is 30.0 Å². The van der Waals surface area contributed by atoms with E-state index in [1.165, 1.54) is 13.1 Å². The van der Waals surface area contributed by atoms with E-state index < -0.39 is 42.1 Å². The Balaban J connectivity index is 1.36. The third-order valence-electron chi connectivity index (χ3n) is 9.94. The lowest BCUT2D eigenvalue weighted by Gasteiger charge is -2.52. The third-order valence-corrected chi connectivity index (χ3v) is 9.94. The molecule has 2 aromatic heterocycles. The van der Waals surface area contributed by atoms with Gasteiger partial charge in [0.15, 0.2) is 6.10 Å². The number of para-hydroxylation sites is 1. The van der Waals surface area contributed by atoms with Gasteiger partial charge in [0.05, 0.1) is 13.2 Å². The number of amides is 1. The molecule has 2 heterocycles. The Morgan fingerprint density at radius 1 is 0.852 bits per heavy atom. The molecular weight excluding hydrogens is 688 g/mol. The van der Waals surface area contributed by atoms with Crippen molar-refractivity contribution in [3.63, 3.8) is 0 Å². The number of rotatable bonds is 18. The summed E-state index contributed by atoms with van der Waals surface area (Å²) in [5.41, 5.74) is 2.21. The Kier molecular flexibility index (Phi) is 13.3. The van der Waals surface area contributed by atoms with E-state index in [0.29, 0.717) is 25.1 Å². The molecule has 5 N–H and O–H groups in total. The van der Waals surface area contributed by atoms with Crippen LogP contribution >= 0.6 is 0 Å². The number of carbonyl (C=O) groups is 2. The molecule has 54 heavy (non-hydrogen) atoms. The lowest BCUT2D eigenvalue weighted by molar-refractivity contribution is -0.296. The maximum absolute atomic E-state index is 13.8. The second-order valence-corrected chi connectivity index (χ2v) is 13.9. The van der Waals surface area contributed by atoms with E-state index >= 15 is 0 Å². The van der Waals surface area contributed by atoms with Crippen molar-refractivity contribution in [1.82, 2.24) is 20.3 Å². The van der Waals surface area contributed by atoms with E-state index in [2.05, 4.69) is 20.3 Å². The van der Waals surface area contributed by atoms with Crippen LogP contribution in [0.2, 0.25) is 0 Å². The number of esters is 1. The van der Waals surface area contributed by atoms with Crippen molar-refractivity contribution in [2.24, 2.45) is 0 Å². The summed E-state index contributed by atoms with van der Waals surface area (Å²) in [6.07, 6.45) is -0.208. The van der Waals surface area contributed by atoms with Crippen LogP contribution in [0.4, 0.5) is 0 Å². The Morgan fingerprint density at radius 2 is 1.52 bits per heavy atom. The Labute approximate surface area is 315 Å². The highest BCUT2D eigenvalue weighted by atomic mass is 16.6. The van der Waals surface area contributed by atoms with Crippen LogP contribution in [-0.2, 0) is 43.4 Å². The zero-order valence-electron chi connectivity index (χ0n) is 30.8. The van der Waals surface area contributed by atoms with Crippen LogP contribution in [0.15, 0.2) is 97.3 Å². The number of aromatic amines is 2. The number of carbonyl (C=O) groups excluding carboxylic acids is 2. The number of aliphatic hydroxyl groups excluding tert-OH is 1. The minimum atomic E-state index is -2.06. The molecule has 286 valence electrons. The van der Waals surface area contributed by atoms with Crippen molar-refractivity contribution in [2.45, 2.75) is 95.3 Å². The number of hydrogen-bond acceptors (Lipinski definition) is 9.